The molecule has 3 rings (SSSR count). The largest absolute Gasteiger partial charge is 0.338 e. The lowest BCUT2D eigenvalue weighted by Gasteiger charge is -2.33. The predicted octanol–water partition coefficient (Wildman–Crippen LogP) is 3.10. The molecule has 1 atom stereocenters. The number of carbonyl (C=O) groups is 1. The third-order valence-electron chi connectivity index (χ3n) is 4.07. The summed E-state index contributed by atoms with van der Waals surface area (Å²) >= 11 is 1.39. The minimum absolute atomic E-state index is 0.124. The smallest absolute Gasteiger partial charge is 0.233 e. The molecule has 0 bridgehead atoms. The van der Waals surface area contributed by atoms with Crippen LogP contribution < -0.4 is 0 Å². The molecule has 5 heteroatoms. The van der Waals surface area contributed by atoms with E-state index in [1.54, 1.807) is 18.5 Å². The Morgan fingerprint density at radius 1 is 1.27 bits per heavy atom. The molecule has 0 radical (unpaired) electrons. The van der Waals surface area contributed by atoms with Crippen LogP contribution in [0.3, 0.4) is 0 Å². The van der Waals surface area contributed by atoms with Gasteiger partial charge in [0, 0.05) is 19.4 Å². The van der Waals surface area contributed by atoms with Crippen molar-refractivity contribution in [2.45, 2.75) is 30.5 Å². The van der Waals surface area contributed by atoms with Gasteiger partial charge in [-0.15, -0.1) is 0 Å². The highest BCUT2D eigenvalue weighted by atomic mass is 32.2. The average Bonchev–Trinajstić information content (AvgIpc) is 2.59. The summed E-state index contributed by atoms with van der Waals surface area (Å²) in [7, 11) is 1.90. The summed E-state index contributed by atoms with van der Waals surface area (Å²) in [5, 5.41) is 0.647. The van der Waals surface area contributed by atoms with Crippen LogP contribution in [-0.2, 0) is 11.2 Å². The minimum atomic E-state index is 0.124. The van der Waals surface area contributed by atoms with Crippen LogP contribution in [0, 0.1) is 0 Å². The fraction of sp³-hybridized carbons (Fsp3) is 0.353. The molecule has 1 aliphatic carbocycles. The molecule has 114 valence electrons. The number of aryl methyl sites for hydroxylation is 1. The van der Waals surface area contributed by atoms with Gasteiger partial charge in [-0.2, -0.15) is 0 Å². The number of nitrogens with zero attached hydrogens (tertiary/aromatic N) is 3. The average molecular weight is 313 g/mol. The summed E-state index contributed by atoms with van der Waals surface area (Å²) in [5.41, 5.74) is 2.67. The molecule has 0 saturated carbocycles. The number of aromatic nitrogens is 2. The van der Waals surface area contributed by atoms with Crippen LogP contribution in [0.2, 0.25) is 0 Å². The van der Waals surface area contributed by atoms with Crippen LogP contribution in [0.25, 0.3) is 0 Å². The van der Waals surface area contributed by atoms with E-state index in [0.29, 0.717) is 10.9 Å². The van der Waals surface area contributed by atoms with Crippen molar-refractivity contribution in [1.29, 1.82) is 0 Å². The van der Waals surface area contributed by atoms with E-state index >= 15 is 0 Å². The maximum absolute atomic E-state index is 12.5. The number of hydrogen-bond acceptors (Lipinski definition) is 4. The van der Waals surface area contributed by atoms with Crippen LogP contribution in [0.5, 0.6) is 0 Å². The molecule has 0 unspecified atom stereocenters. The zero-order valence-electron chi connectivity index (χ0n) is 12.6. The Balaban J connectivity index is 1.66. The second-order valence-corrected chi connectivity index (χ2v) is 6.37. The standard InChI is InChI=1S/C17H19N3OS/c1-20(16(21)12-22-17-18-10-5-11-19-17)15-9-4-7-13-6-2-3-8-14(13)15/h2-3,5-6,8,10-11,15H,4,7,9,12H2,1H3/t15-/m1/s1. The fourth-order valence-corrected chi connectivity index (χ4v) is 3.62. The Labute approximate surface area is 135 Å². The molecule has 1 aliphatic rings. The fourth-order valence-electron chi connectivity index (χ4n) is 2.89. The van der Waals surface area contributed by atoms with E-state index in [0.717, 1.165) is 19.3 Å². The van der Waals surface area contributed by atoms with Gasteiger partial charge in [0.25, 0.3) is 0 Å². The summed E-state index contributed by atoms with van der Waals surface area (Å²) in [6, 6.07) is 10.4. The zero-order valence-corrected chi connectivity index (χ0v) is 13.4. The highest BCUT2D eigenvalue weighted by Gasteiger charge is 2.26. The first-order valence-electron chi connectivity index (χ1n) is 7.49. The summed E-state index contributed by atoms with van der Waals surface area (Å²) in [6.07, 6.45) is 6.67. The number of carbonyl (C=O) groups excluding carboxylic acids is 1. The van der Waals surface area contributed by atoms with Crippen LogP contribution in [0.4, 0.5) is 0 Å². The van der Waals surface area contributed by atoms with Crippen molar-refractivity contribution in [1.82, 2.24) is 14.9 Å². The van der Waals surface area contributed by atoms with Crippen molar-refractivity contribution in [2.75, 3.05) is 12.8 Å². The lowest BCUT2D eigenvalue weighted by atomic mass is 9.87. The van der Waals surface area contributed by atoms with E-state index in [1.807, 2.05) is 11.9 Å². The Morgan fingerprint density at radius 2 is 2.05 bits per heavy atom. The highest BCUT2D eigenvalue weighted by molar-refractivity contribution is 7.99. The highest BCUT2D eigenvalue weighted by Crippen LogP contribution is 2.33. The van der Waals surface area contributed by atoms with Crippen molar-refractivity contribution in [3.63, 3.8) is 0 Å². The maximum atomic E-state index is 12.5. The van der Waals surface area contributed by atoms with E-state index in [1.165, 1.54) is 22.9 Å². The van der Waals surface area contributed by atoms with E-state index < -0.39 is 0 Å². The van der Waals surface area contributed by atoms with E-state index in [9.17, 15) is 4.79 Å². The molecule has 0 fully saturated rings. The van der Waals surface area contributed by atoms with Crippen LogP contribution in [-0.4, -0.2) is 33.6 Å². The van der Waals surface area contributed by atoms with Crippen molar-refractivity contribution >= 4 is 17.7 Å². The molecule has 1 amide bonds. The van der Waals surface area contributed by atoms with Crippen LogP contribution >= 0.6 is 11.8 Å². The number of thioether (sulfide) groups is 1. The minimum Gasteiger partial charge on any atom is -0.338 e. The van der Waals surface area contributed by atoms with Gasteiger partial charge in [0.2, 0.25) is 5.91 Å². The number of benzene rings is 1. The van der Waals surface area contributed by atoms with Crippen LogP contribution in [0.15, 0.2) is 47.9 Å². The molecule has 0 aliphatic heterocycles. The number of fused-ring (bicyclic) bond motifs is 1. The number of rotatable bonds is 4. The van der Waals surface area contributed by atoms with Gasteiger partial charge in [0.05, 0.1) is 11.8 Å². The summed E-state index contributed by atoms with van der Waals surface area (Å²) in [5.74, 6) is 0.498. The van der Waals surface area contributed by atoms with Gasteiger partial charge in [-0.05, 0) is 36.5 Å². The first kappa shape index (κ1) is 15.0. The molecular weight excluding hydrogens is 294 g/mol. The SMILES string of the molecule is CN(C(=O)CSc1ncccn1)[C@@H]1CCCc2ccccc21. The molecule has 0 spiro atoms. The molecule has 0 N–H and O–H groups in total. The first-order chi connectivity index (χ1) is 10.8. The molecule has 2 aromatic rings. The van der Waals surface area contributed by atoms with Gasteiger partial charge < -0.3 is 4.90 Å². The monoisotopic (exact) mass is 313 g/mol. The van der Waals surface area contributed by atoms with Crippen molar-refractivity contribution in [3.8, 4) is 0 Å². The van der Waals surface area contributed by atoms with Crippen molar-refractivity contribution in [2.24, 2.45) is 0 Å². The third kappa shape index (κ3) is 3.30. The molecule has 1 heterocycles. The number of hydrogen-bond donors (Lipinski definition) is 0. The van der Waals surface area contributed by atoms with Gasteiger partial charge in [-0.1, -0.05) is 36.0 Å². The number of amides is 1. The Morgan fingerprint density at radius 3 is 2.86 bits per heavy atom. The quantitative estimate of drug-likeness (QED) is 0.643. The lowest BCUT2D eigenvalue weighted by molar-refractivity contribution is -0.129. The summed E-state index contributed by atoms with van der Waals surface area (Å²) in [4.78, 5) is 22.6. The second-order valence-electron chi connectivity index (χ2n) is 5.43. The Bertz CT molecular complexity index is 647. The maximum Gasteiger partial charge on any atom is 0.233 e. The van der Waals surface area contributed by atoms with Gasteiger partial charge in [0.15, 0.2) is 5.16 Å². The normalized spacial score (nSPS) is 16.9. The topological polar surface area (TPSA) is 46.1 Å². The molecule has 1 aromatic carbocycles. The predicted molar refractivity (Wildman–Crippen MR) is 87.6 cm³/mol. The van der Waals surface area contributed by atoms with E-state index in [-0.39, 0.29) is 11.9 Å². The van der Waals surface area contributed by atoms with Crippen LogP contribution in [0.1, 0.15) is 30.0 Å². The van der Waals surface area contributed by atoms with Gasteiger partial charge in [-0.25, -0.2) is 9.97 Å². The van der Waals surface area contributed by atoms with Gasteiger partial charge >= 0.3 is 0 Å². The molecule has 1 aromatic heterocycles. The van der Waals surface area contributed by atoms with E-state index in [2.05, 4.69) is 34.2 Å². The second kappa shape index (κ2) is 6.92. The van der Waals surface area contributed by atoms with E-state index in [4.69, 9.17) is 0 Å². The molecule has 22 heavy (non-hydrogen) atoms. The first-order valence-corrected chi connectivity index (χ1v) is 8.47. The summed E-state index contributed by atoms with van der Waals surface area (Å²) in [6.45, 7) is 0. The third-order valence-corrected chi connectivity index (χ3v) is 4.93. The zero-order chi connectivity index (χ0) is 15.4. The van der Waals surface area contributed by atoms with Gasteiger partial charge in [0.1, 0.15) is 0 Å². The lowest BCUT2D eigenvalue weighted by Crippen LogP contribution is -2.34. The van der Waals surface area contributed by atoms with Crippen molar-refractivity contribution < 1.29 is 4.79 Å². The molecule has 4 nitrogen and oxygen atoms in total. The Kier molecular flexibility index (Phi) is 4.73. The molecular formula is C17H19N3OS. The van der Waals surface area contributed by atoms with Gasteiger partial charge in [-0.3, -0.25) is 4.79 Å². The Hall–Kier alpha value is -1.88. The molecule has 0 saturated heterocycles. The summed E-state index contributed by atoms with van der Waals surface area (Å²) < 4.78 is 0. The van der Waals surface area contributed by atoms with Crippen molar-refractivity contribution in [3.05, 3.63) is 53.9 Å².